The molecule has 0 spiro atoms. The van der Waals surface area contributed by atoms with Crippen molar-refractivity contribution in [3.05, 3.63) is 35.3 Å². The monoisotopic (exact) mass is 311 g/mol. The molecule has 0 amide bonds. The molecule has 0 bridgehead atoms. The minimum absolute atomic E-state index is 0.619. The highest BCUT2D eigenvalue weighted by atomic mass is 32.1. The zero-order chi connectivity index (χ0) is 14.9. The van der Waals surface area contributed by atoms with E-state index in [1.807, 2.05) is 0 Å². The molecule has 1 aliphatic rings. The van der Waals surface area contributed by atoms with Crippen molar-refractivity contribution in [1.82, 2.24) is 9.97 Å². The number of aryl methyl sites for hydroxylation is 1. The summed E-state index contributed by atoms with van der Waals surface area (Å²) in [6.45, 7) is 2.20. The van der Waals surface area contributed by atoms with Crippen molar-refractivity contribution >= 4 is 27.4 Å². The molecule has 0 radical (unpaired) electrons. The van der Waals surface area contributed by atoms with Gasteiger partial charge < -0.3 is 10.3 Å². The third-order valence-corrected chi connectivity index (χ3v) is 5.42. The van der Waals surface area contributed by atoms with Crippen molar-refractivity contribution in [2.45, 2.75) is 45.1 Å². The summed E-state index contributed by atoms with van der Waals surface area (Å²) in [5.41, 5.74) is 4.90. The van der Waals surface area contributed by atoms with Crippen LogP contribution in [0.25, 0.3) is 22.2 Å². The van der Waals surface area contributed by atoms with Crippen LogP contribution in [-0.4, -0.2) is 16.0 Å². The summed E-state index contributed by atoms with van der Waals surface area (Å²) < 4.78 is 0. The lowest BCUT2D eigenvalue weighted by atomic mass is 10.1. The first-order chi connectivity index (χ1) is 10.8. The minimum Gasteiger partial charge on any atom is -0.360 e. The van der Waals surface area contributed by atoms with Crippen LogP contribution in [-0.2, 0) is 6.42 Å². The molecular formula is C18H21N3S. The van der Waals surface area contributed by atoms with Crippen molar-refractivity contribution < 1.29 is 0 Å². The van der Waals surface area contributed by atoms with Gasteiger partial charge in [-0.15, -0.1) is 11.3 Å². The van der Waals surface area contributed by atoms with Crippen molar-refractivity contribution in [1.29, 1.82) is 0 Å². The first kappa shape index (κ1) is 13.8. The summed E-state index contributed by atoms with van der Waals surface area (Å²) in [7, 11) is 0. The Hall–Kier alpha value is -1.81. The van der Waals surface area contributed by atoms with E-state index in [1.165, 1.54) is 47.7 Å². The van der Waals surface area contributed by atoms with Gasteiger partial charge in [0.1, 0.15) is 0 Å². The van der Waals surface area contributed by atoms with Gasteiger partial charge in [-0.25, -0.2) is 4.98 Å². The van der Waals surface area contributed by atoms with Crippen LogP contribution in [0.1, 0.15) is 38.2 Å². The third kappa shape index (κ3) is 2.41. The molecule has 1 saturated carbocycles. The molecule has 1 aromatic carbocycles. The number of fused-ring (bicyclic) bond motifs is 1. The van der Waals surface area contributed by atoms with E-state index in [9.17, 15) is 0 Å². The second kappa shape index (κ2) is 5.76. The third-order valence-electron chi connectivity index (χ3n) is 4.65. The minimum atomic E-state index is 0.619. The number of aromatic nitrogens is 2. The Bertz CT molecular complexity index is 781. The van der Waals surface area contributed by atoms with E-state index in [2.05, 4.69) is 47.0 Å². The number of hydrogen-bond acceptors (Lipinski definition) is 3. The Labute approximate surface area is 134 Å². The topological polar surface area (TPSA) is 40.7 Å². The van der Waals surface area contributed by atoms with Gasteiger partial charge in [-0.3, -0.25) is 0 Å². The molecule has 0 unspecified atom stereocenters. The van der Waals surface area contributed by atoms with E-state index in [0.29, 0.717) is 6.04 Å². The van der Waals surface area contributed by atoms with Crippen molar-refractivity contribution in [3.8, 4) is 11.3 Å². The van der Waals surface area contributed by atoms with Gasteiger partial charge >= 0.3 is 0 Å². The number of nitrogens with one attached hydrogen (secondary N) is 2. The lowest BCUT2D eigenvalue weighted by Crippen LogP contribution is -2.13. The molecule has 3 nitrogen and oxygen atoms in total. The maximum atomic E-state index is 4.81. The van der Waals surface area contributed by atoms with Crippen LogP contribution < -0.4 is 5.32 Å². The summed E-state index contributed by atoms with van der Waals surface area (Å²) >= 11 is 1.72. The van der Waals surface area contributed by atoms with Crippen LogP contribution in [0, 0.1) is 0 Å². The fourth-order valence-electron chi connectivity index (χ4n) is 3.43. The van der Waals surface area contributed by atoms with Crippen LogP contribution in [0.4, 0.5) is 5.13 Å². The largest absolute Gasteiger partial charge is 0.360 e. The Kier molecular flexibility index (Phi) is 3.62. The first-order valence-electron chi connectivity index (χ1n) is 8.16. The lowest BCUT2D eigenvalue weighted by Gasteiger charge is -2.09. The van der Waals surface area contributed by atoms with E-state index < -0.39 is 0 Å². The standard InChI is InChI=1S/C18H21N3S/c1-2-12-6-5-9-14-15(10-19-17(12)14)16-11-22-18(21-16)20-13-7-3-4-8-13/h5-6,9-11,13,19H,2-4,7-8H2,1H3,(H,20,21). The number of thiazole rings is 1. The van der Waals surface area contributed by atoms with E-state index in [-0.39, 0.29) is 0 Å². The zero-order valence-corrected chi connectivity index (χ0v) is 13.7. The fourth-order valence-corrected chi connectivity index (χ4v) is 4.22. The van der Waals surface area contributed by atoms with Crippen LogP contribution in [0.5, 0.6) is 0 Å². The van der Waals surface area contributed by atoms with Crippen LogP contribution in [0.15, 0.2) is 29.8 Å². The second-order valence-electron chi connectivity index (χ2n) is 6.06. The summed E-state index contributed by atoms with van der Waals surface area (Å²) in [5, 5.41) is 8.09. The number of rotatable bonds is 4. The maximum absolute atomic E-state index is 4.81. The summed E-state index contributed by atoms with van der Waals surface area (Å²) in [6.07, 6.45) is 8.39. The van der Waals surface area contributed by atoms with Gasteiger partial charge in [0.25, 0.3) is 0 Å². The van der Waals surface area contributed by atoms with Gasteiger partial charge in [0.05, 0.1) is 5.69 Å². The molecule has 1 aliphatic carbocycles. The molecule has 2 aromatic heterocycles. The van der Waals surface area contributed by atoms with E-state index >= 15 is 0 Å². The summed E-state index contributed by atoms with van der Waals surface area (Å²) in [4.78, 5) is 8.24. The van der Waals surface area contributed by atoms with E-state index in [0.717, 1.165) is 17.2 Å². The average molecular weight is 311 g/mol. The maximum Gasteiger partial charge on any atom is 0.183 e. The molecule has 4 heteroatoms. The predicted molar refractivity (Wildman–Crippen MR) is 94.7 cm³/mol. The molecule has 2 N–H and O–H groups in total. The normalized spacial score (nSPS) is 15.7. The van der Waals surface area contributed by atoms with Gasteiger partial charge in [-0.05, 0) is 24.8 Å². The molecule has 2 heterocycles. The number of H-pyrrole nitrogens is 1. The Morgan fingerprint density at radius 1 is 1.32 bits per heavy atom. The first-order valence-corrected chi connectivity index (χ1v) is 9.04. The van der Waals surface area contributed by atoms with Gasteiger partial charge in [-0.1, -0.05) is 38.0 Å². The van der Waals surface area contributed by atoms with Crippen molar-refractivity contribution in [2.24, 2.45) is 0 Å². The number of benzene rings is 1. The van der Waals surface area contributed by atoms with Crippen LogP contribution >= 0.6 is 11.3 Å². The molecule has 3 aromatic rings. The molecule has 0 atom stereocenters. The zero-order valence-electron chi connectivity index (χ0n) is 12.9. The second-order valence-corrected chi connectivity index (χ2v) is 6.92. The number of nitrogens with zero attached hydrogens (tertiary/aromatic N) is 1. The van der Waals surface area contributed by atoms with Crippen molar-refractivity contribution in [3.63, 3.8) is 0 Å². The van der Waals surface area contributed by atoms with Crippen LogP contribution in [0.2, 0.25) is 0 Å². The SMILES string of the molecule is CCc1cccc2c(-c3csc(NC4CCCC4)n3)c[nH]c12. The molecule has 1 fully saturated rings. The highest BCUT2D eigenvalue weighted by Gasteiger charge is 2.17. The van der Waals surface area contributed by atoms with E-state index in [4.69, 9.17) is 4.98 Å². The molecule has 22 heavy (non-hydrogen) atoms. The molecule has 0 saturated heterocycles. The molecule has 114 valence electrons. The Morgan fingerprint density at radius 2 is 2.18 bits per heavy atom. The lowest BCUT2D eigenvalue weighted by molar-refractivity contribution is 0.754. The number of aromatic amines is 1. The number of para-hydroxylation sites is 1. The molecule has 4 rings (SSSR count). The summed E-state index contributed by atoms with van der Waals surface area (Å²) in [5.74, 6) is 0. The molecular weight excluding hydrogens is 290 g/mol. The number of hydrogen-bond donors (Lipinski definition) is 2. The highest BCUT2D eigenvalue weighted by molar-refractivity contribution is 7.14. The molecule has 0 aliphatic heterocycles. The quantitative estimate of drug-likeness (QED) is 0.694. The Morgan fingerprint density at radius 3 is 3.00 bits per heavy atom. The smallest absolute Gasteiger partial charge is 0.183 e. The predicted octanol–water partition coefficient (Wildman–Crippen LogP) is 5.21. The number of anilines is 1. The van der Waals surface area contributed by atoms with Gasteiger partial charge in [0, 0.05) is 34.1 Å². The van der Waals surface area contributed by atoms with E-state index in [1.54, 1.807) is 11.3 Å². The fraction of sp³-hybridized carbons (Fsp3) is 0.389. The highest BCUT2D eigenvalue weighted by Crippen LogP contribution is 2.33. The van der Waals surface area contributed by atoms with Crippen molar-refractivity contribution in [2.75, 3.05) is 5.32 Å². The van der Waals surface area contributed by atoms with Gasteiger partial charge in [0.2, 0.25) is 0 Å². The summed E-state index contributed by atoms with van der Waals surface area (Å²) in [6, 6.07) is 7.14. The average Bonchev–Trinajstić information content (AvgIpc) is 3.26. The van der Waals surface area contributed by atoms with Gasteiger partial charge in [0.15, 0.2) is 5.13 Å². The Balaban J connectivity index is 1.66. The van der Waals surface area contributed by atoms with Gasteiger partial charge in [-0.2, -0.15) is 0 Å². The van der Waals surface area contributed by atoms with Crippen LogP contribution in [0.3, 0.4) is 0 Å².